The Kier molecular flexibility index (Phi) is 16.2. The van der Waals surface area contributed by atoms with Crippen molar-refractivity contribution in [3.8, 4) is 0 Å². The molecule has 0 saturated carbocycles. The van der Waals surface area contributed by atoms with E-state index in [9.17, 15) is 0 Å². The highest BCUT2D eigenvalue weighted by Gasteiger charge is 1.81. The van der Waals surface area contributed by atoms with Crippen LogP contribution < -0.4 is 0 Å². The van der Waals surface area contributed by atoms with Crippen molar-refractivity contribution in [2.24, 2.45) is 0 Å². The highest BCUT2D eigenvalue weighted by molar-refractivity contribution is 6.30. The Bertz CT molecular complexity index is 136. The number of hydrogen-bond acceptors (Lipinski definition) is 0. The lowest BCUT2D eigenvalue weighted by Crippen LogP contribution is -1.71. The van der Waals surface area contributed by atoms with Gasteiger partial charge >= 0.3 is 0 Å². The summed E-state index contributed by atoms with van der Waals surface area (Å²) in [6.45, 7) is 12.5. The van der Waals surface area contributed by atoms with Gasteiger partial charge < -0.3 is 0 Å². The average molecular weight is 201 g/mol. The van der Waals surface area contributed by atoms with E-state index in [0.29, 0.717) is 5.03 Å². The molecule has 0 heterocycles. The molecule has 0 aliphatic rings. The van der Waals surface area contributed by atoms with E-state index in [4.69, 9.17) is 11.6 Å². The van der Waals surface area contributed by atoms with Gasteiger partial charge in [0.1, 0.15) is 0 Å². The third kappa shape index (κ3) is 24.6. The Hall–Kier alpha value is -0.490. The molecule has 0 bridgehead atoms. The van der Waals surface area contributed by atoms with Crippen molar-refractivity contribution in [2.75, 3.05) is 0 Å². The van der Waals surface area contributed by atoms with Crippen molar-refractivity contribution in [3.05, 3.63) is 36.9 Å². The minimum absolute atomic E-state index is 0.491. The van der Waals surface area contributed by atoms with E-state index in [1.807, 2.05) is 6.08 Å². The summed E-state index contributed by atoms with van der Waals surface area (Å²) in [5, 5.41) is 0.491. The van der Waals surface area contributed by atoms with Crippen LogP contribution in [0.25, 0.3) is 0 Å². The Labute approximate surface area is 88.0 Å². The van der Waals surface area contributed by atoms with Crippen LogP contribution in [0.2, 0.25) is 0 Å². The number of halogens is 1. The second-order valence-corrected chi connectivity index (χ2v) is 3.27. The zero-order valence-electron chi connectivity index (χ0n) is 8.69. The molecule has 0 aliphatic heterocycles. The van der Waals surface area contributed by atoms with Crippen molar-refractivity contribution in [1.29, 1.82) is 0 Å². The molecule has 0 N–H and O–H groups in total. The lowest BCUT2D eigenvalue weighted by atomic mass is 10.2. The molecule has 0 atom stereocenters. The summed E-state index contributed by atoms with van der Waals surface area (Å²) in [5.74, 6) is 0. The predicted octanol–water partition coefficient (Wildman–Crippen LogP) is 5.07. The summed E-state index contributed by atoms with van der Waals surface area (Å²) in [4.78, 5) is 0. The molecule has 0 unspecified atom stereocenters. The lowest BCUT2D eigenvalue weighted by Gasteiger charge is -1.91. The molecule has 0 rings (SSSR count). The first-order chi connectivity index (χ1) is 6.18. The number of rotatable bonds is 6. The molecule has 0 nitrogen and oxygen atoms in total. The van der Waals surface area contributed by atoms with Gasteiger partial charge in [0.25, 0.3) is 0 Å². The minimum Gasteiger partial charge on any atom is -0.103 e. The summed E-state index contributed by atoms with van der Waals surface area (Å²) >= 11 is 5.15. The minimum atomic E-state index is 0.491. The Morgan fingerprint density at radius 3 is 2.08 bits per heavy atom. The first-order valence-corrected chi connectivity index (χ1v) is 5.14. The highest BCUT2D eigenvalue weighted by atomic mass is 35.5. The smallest absolute Gasteiger partial charge is 0.0328 e. The summed E-state index contributed by atoms with van der Waals surface area (Å²) in [5.41, 5.74) is 0. The molecule has 0 aliphatic carbocycles. The summed E-state index contributed by atoms with van der Waals surface area (Å²) < 4.78 is 0. The van der Waals surface area contributed by atoms with Gasteiger partial charge in [-0.25, -0.2) is 0 Å². The normalized spacial score (nSPS) is 8.15. The van der Waals surface area contributed by atoms with Crippen LogP contribution in [0.3, 0.4) is 0 Å². The molecule has 0 radical (unpaired) electrons. The van der Waals surface area contributed by atoms with Gasteiger partial charge in [0.05, 0.1) is 0 Å². The van der Waals surface area contributed by atoms with Gasteiger partial charge in [0.2, 0.25) is 0 Å². The third-order valence-electron chi connectivity index (χ3n) is 1.48. The van der Waals surface area contributed by atoms with Gasteiger partial charge in [-0.3, -0.25) is 0 Å². The zero-order valence-corrected chi connectivity index (χ0v) is 9.45. The Morgan fingerprint density at radius 2 is 1.77 bits per heavy atom. The van der Waals surface area contributed by atoms with Crippen LogP contribution in [-0.4, -0.2) is 0 Å². The van der Waals surface area contributed by atoms with Crippen LogP contribution in [0.4, 0.5) is 0 Å². The fourth-order valence-corrected chi connectivity index (χ4v) is 0.715. The average Bonchev–Trinajstić information content (AvgIpc) is 2.14. The quantitative estimate of drug-likeness (QED) is 0.319. The van der Waals surface area contributed by atoms with E-state index in [2.05, 4.69) is 26.7 Å². The summed E-state index contributed by atoms with van der Waals surface area (Å²) in [7, 11) is 0. The molecular weight excluding hydrogens is 180 g/mol. The molecule has 0 aromatic carbocycles. The first kappa shape index (κ1) is 15.0. The van der Waals surface area contributed by atoms with Crippen LogP contribution in [0, 0.1) is 0 Å². The molecule has 76 valence electrons. The van der Waals surface area contributed by atoms with Gasteiger partial charge in [0.15, 0.2) is 0 Å². The maximum atomic E-state index is 5.15. The molecule has 0 fully saturated rings. The molecule has 1 heteroatoms. The molecule has 0 spiro atoms. The van der Waals surface area contributed by atoms with Gasteiger partial charge in [-0.1, -0.05) is 63.1 Å². The standard InChI is InChI=1S/C8H16.C4H5Cl/c1-3-5-7-8-6-4-2;1-3-4(2)5/h3H,1,4-8H2,2H3;3H,1-2H2. The maximum Gasteiger partial charge on any atom is 0.0328 e. The highest BCUT2D eigenvalue weighted by Crippen LogP contribution is 2.01. The van der Waals surface area contributed by atoms with Crippen LogP contribution >= 0.6 is 11.6 Å². The summed E-state index contributed by atoms with van der Waals surface area (Å²) in [6, 6.07) is 0. The van der Waals surface area contributed by atoms with Crippen molar-refractivity contribution >= 4 is 11.6 Å². The molecule has 0 amide bonds. The largest absolute Gasteiger partial charge is 0.103 e. The van der Waals surface area contributed by atoms with Crippen molar-refractivity contribution in [2.45, 2.75) is 39.0 Å². The number of unbranched alkanes of at least 4 members (excludes halogenated alkanes) is 4. The fraction of sp³-hybridized carbons (Fsp3) is 0.500. The van der Waals surface area contributed by atoms with Crippen LogP contribution in [0.1, 0.15) is 39.0 Å². The van der Waals surface area contributed by atoms with Crippen molar-refractivity contribution in [1.82, 2.24) is 0 Å². The van der Waals surface area contributed by atoms with E-state index < -0.39 is 0 Å². The monoisotopic (exact) mass is 200 g/mol. The van der Waals surface area contributed by atoms with E-state index >= 15 is 0 Å². The first-order valence-electron chi connectivity index (χ1n) is 4.76. The second-order valence-electron chi connectivity index (χ2n) is 2.79. The maximum absolute atomic E-state index is 5.15. The molecule has 13 heavy (non-hydrogen) atoms. The summed E-state index contributed by atoms with van der Waals surface area (Å²) in [6.07, 6.45) is 10.1. The van der Waals surface area contributed by atoms with E-state index in [1.54, 1.807) is 0 Å². The van der Waals surface area contributed by atoms with Crippen LogP contribution in [-0.2, 0) is 0 Å². The molecular formula is C12H21Cl. The second kappa shape index (κ2) is 14.1. The van der Waals surface area contributed by atoms with E-state index in [1.165, 1.54) is 38.2 Å². The number of allylic oxidation sites excluding steroid dienone is 3. The lowest BCUT2D eigenvalue weighted by molar-refractivity contribution is 0.675. The number of hydrogen-bond donors (Lipinski definition) is 0. The topological polar surface area (TPSA) is 0 Å². The van der Waals surface area contributed by atoms with Crippen molar-refractivity contribution < 1.29 is 0 Å². The van der Waals surface area contributed by atoms with E-state index in [-0.39, 0.29) is 0 Å². The van der Waals surface area contributed by atoms with Crippen LogP contribution in [0.5, 0.6) is 0 Å². The molecule has 0 aromatic rings. The van der Waals surface area contributed by atoms with Gasteiger partial charge in [-0.15, -0.1) is 6.58 Å². The van der Waals surface area contributed by atoms with Gasteiger partial charge in [0, 0.05) is 5.03 Å². The van der Waals surface area contributed by atoms with Gasteiger partial charge in [-0.2, -0.15) is 0 Å². The predicted molar refractivity (Wildman–Crippen MR) is 64.1 cm³/mol. The SMILES string of the molecule is C=CC(=C)Cl.C=CCCCCCC. The Morgan fingerprint density at radius 1 is 1.23 bits per heavy atom. The van der Waals surface area contributed by atoms with E-state index in [0.717, 1.165) is 0 Å². The molecule has 0 aromatic heterocycles. The zero-order chi connectivity index (χ0) is 10.5. The molecule has 0 saturated heterocycles. The third-order valence-corrected chi connectivity index (χ3v) is 1.64. The Balaban J connectivity index is 0. The fourth-order valence-electron chi connectivity index (χ4n) is 0.715. The van der Waals surface area contributed by atoms with Crippen molar-refractivity contribution in [3.63, 3.8) is 0 Å². The van der Waals surface area contributed by atoms with Crippen LogP contribution in [0.15, 0.2) is 36.9 Å². The van der Waals surface area contributed by atoms with Gasteiger partial charge in [-0.05, 0) is 12.8 Å².